The van der Waals surface area contributed by atoms with Crippen LogP contribution in [0.4, 0.5) is 0 Å². The number of allylic oxidation sites excluding steroid dienone is 6. The second kappa shape index (κ2) is 38.7. The highest BCUT2D eigenvalue weighted by Crippen LogP contribution is 2.38. The fourth-order valence-corrected chi connectivity index (χ4v) is 6.77. The fourth-order valence-electron chi connectivity index (χ4n) is 6.04. The topological polar surface area (TPSA) is 111 Å². The van der Waals surface area contributed by atoms with Crippen molar-refractivity contribution in [1.29, 1.82) is 0 Å². The highest BCUT2D eigenvalue weighted by Gasteiger charge is 2.21. The SMILES string of the molecule is CCC/C=C\C/C=C\CCCCCCCC(=O)OC(COC(=O)CCCCCCCCCCC/C=C\CCCCCCCC)COP(=O)([O-])OCC[N+](C)(C)C. The van der Waals surface area contributed by atoms with Gasteiger partial charge in [0.15, 0.2) is 6.10 Å². The van der Waals surface area contributed by atoms with Gasteiger partial charge < -0.3 is 27.9 Å². The Balaban J connectivity index is 4.31. The number of ether oxygens (including phenoxy) is 2. The Morgan fingerprint density at radius 3 is 1.50 bits per heavy atom. The molecule has 2 unspecified atom stereocenters. The van der Waals surface area contributed by atoms with E-state index in [-0.39, 0.29) is 32.0 Å². The van der Waals surface area contributed by atoms with Crippen LogP contribution in [0.3, 0.4) is 0 Å². The van der Waals surface area contributed by atoms with Crippen molar-refractivity contribution in [2.75, 3.05) is 47.5 Å². The van der Waals surface area contributed by atoms with E-state index in [1.807, 2.05) is 21.1 Å². The van der Waals surface area contributed by atoms with E-state index >= 15 is 0 Å². The Morgan fingerprint density at radius 1 is 0.554 bits per heavy atom. The number of phosphoric ester groups is 1. The predicted molar refractivity (Wildman–Crippen MR) is 231 cm³/mol. The van der Waals surface area contributed by atoms with Crippen LogP contribution in [-0.2, 0) is 32.7 Å². The zero-order chi connectivity index (χ0) is 41.4. The molecule has 328 valence electrons. The van der Waals surface area contributed by atoms with Gasteiger partial charge in [0, 0.05) is 12.8 Å². The first-order valence-corrected chi connectivity index (χ1v) is 24.2. The van der Waals surface area contributed by atoms with E-state index in [1.54, 1.807) is 0 Å². The van der Waals surface area contributed by atoms with Crippen molar-refractivity contribution >= 4 is 19.8 Å². The third-order valence-electron chi connectivity index (χ3n) is 9.61. The van der Waals surface area contributed by atoms with E-state index in [1.165, 1.54) is 96.3 Å². The summed E-state index contributed by atoms with van der Waals surface area (Å²) in [5.41, 5.74) is 0. The first kappa shape index (κ1) is 54.2. The molecule has 10 heteroatoms. The molecular formula is C46H86NO8P. The zero-order valence-electron chi connectivity index (χ0n) is 36.8. The number of phosphoric acid groups is 1. The van der Waals surface area contributed by atoms with Gasteiger partial charge in [0.05, 0.1) is 27.7 Å². The number of esters is 2. The van der Waals surface area contributed by atoms with Gasteiger partial charge in [-0.05, 0) is 64.2 Å². The van der Waals surface area contributed by atoms with Crippen LogP contribution in [0, 0.1) is 0 Å². The number of unbranched alkanes of at least 4 members (excludes halogenated alkanes) is 21. The highest BCUT2D eigenvalue weighted by molar-refractivity contribution is 7.45. The molecular weight excluding hydrogens is 725 g/mol. The Labute approximate surface area is 344 Å². The molecule has 0 aromatic rings. The molecule has 0 spiro atoms. The average molecular weight is 812 g/mol. The Kier molecular flexibility index (Phi) is 37.5. The van der Waals surface area contributed by atoms with E-state index < -0.39 is 26.5 Å². The number of rotatable bonds is 41. The maximum Gasteiger partial charge on any atom is 0.306 e. The van der Waals surface area contributed by atoms with E-state index in [4.69, 9.17) is 18.5 Å². The molecule has 56 heavy (non-hydrogen) atoms. The average Bonchev–Trinajstić information content (AvgIpc) is 3.15. The minimum absolute atomic E-state index is 0.0341. The number of likely N-dealkylation sites (N-methyl/N-ethyl adjacent to an activating group) is 1. The molecule has 0 heterocycles. The third kappa shape index (κ3) is 41.9. The van der Waals surface area contributed by atoms with Crippen LogP contribution in [0.5, 0.6) is 0 Å². The van der Waals surface area contributed by atoms with Gasteiger partial charge in [-0.1, -0.05) is 153 Å². The smallest absolute Gasteiger partial charge is 0.306 e. The molecule has 0 aliphatic carbocycles. The maximum atomic E-state index is 12.7. The summed E-state index contributed by atoms with van der Waals surface area (Å²) >= 11 is 0. The molecule has 0 saturated heterocycles. The lowest BCUT2D eigenvalue weighted by atomic mass is 10.1. The summed E-state index contributed by atoms with van der Waals surface area (Å²) in [5.74, 6) is -0.851. The van der Waals surface area contributed by atoms with Gasteiger partial charge in [0.25, 0.3) is 7.82 Å². The number of nitrogens with zero attached hydrogens (tertiary/aromatic N) is 1. The summed E-state index contributed by atoms with van der Waals surface area (Å²) in [6, 6.07) is 0. The molecule has 9 nitrogen and oxygen atoms in total. The summed E-state index contributed by atoms with van der Waals surface area (Å²) in [5, 5.41) is 0. The van der Waals surface area contributed by atoms with Crippen molar-refractivity contribution in [3.05, 3.63) is 36.5 Å². The van der Waals surface area contributed by atoms with Gasteiger partial charge in [0.1, 0.15) is 19.8 Å². The lowest BCUT2D eigenvalue weighted by Crippen LogP contribution is -2.37. The van der Waals surface area contributed by atoms with Crippen LogP contribution in [0.15, 0.2) is 36.5 Å². The van der Waals surface area contributed by atoms with Gasteiger partial charge in [-0.3, -0.25) is 14.2 Å². The highest BCUT2D eigenvalue weighted by atomic mass is 31.2. The molecule has 0 saturated carbocycles. The van der Waals surface area contributed by atoms with E-state index in [0.29, 0.717) is 17.4 Å². The van der Waals surface area contributed by atoms with E-state index in [2.05, 4.69) is 50.3 Å². The fraction of sp³-hybridized carbons (Fsp3) is 0.826. The lowest BCUT2D eigenvalue weighted by Gasteiger charge is -2.28. The molecule has 0 rings (SSSR count). The van der Waals surface area contributed by atoms with Gasteiger partial charge in [0.2, 0.25) is 0 Å². The maximum absolute atomic E-state index is 12.7. The molecule has 0 radical (unpaired) electrons. The second-order valence-electron chi connectivity index (χ2n) is 16.4. The normalized spacial score (nSPS) is 13.9. The molecule has 0 amide bonds. The van der Waals surface area contributed by atoms with Crippen molar-refractivity contribution in [2.45, 2.75) is 200 Å². The number of hydrogen-bond acceptors (Lipinski definition) is 8. The Hall–Kier alpha value is -1.77. The minimum Gasteiger partial charge on any atom is -0.756 e. The monoisotopic (exact) mass is 812 g/mol. The standard InChI is InChI=1S/C46H86NO8P/c1-6-8-10-12-14-16-18-20-21-22-23-24-25-27-28-30-32-34-36-38-45(48)52-42-44(43-54-56(50,51)53-41-40-47(3,4)5)55-46(49)39-37-35-33-31-29-26-19-17-15-13-11-9-7-2/h11,13,17,19-21,44H,6-10,12,14-16,18,22-43H2,1-5H3/b13-11-,19-17-,21-20-. The predicted octanol–water partition coefficient (Wildman–Crippen LogP) is 12.3. The Bertz CT molecular complexity index is 1050. The molecule has 2 atom stereocenters. The Morgan fingerprint density at radius 2 is 1.00 bits per heavy atom. The van der Waals surface area contributed by atoms with Crippen molar-refractivity contribution < 1.29 is 42.1 Å². The third-order valence-corrected chi connectivity index (χ3v) is 10.6. The summed E-state index contributed by atoms with van der Waals surface area (Å²) < 4.78 is 33.9. The summed E-state index contributed by atoms with van der Waals surface area (Å²) in [6.45, 7) is 4.14. The molecule has 0 aliphatic heterocycles. The van der Waals surface area contributed by atoms with E-state index in [9.17, 15) is 19.0 Å². The van der Waals surface area contributed by atoms with Crippen LogP contribution >= 0.6 is 7.82 Å². The van der Waals surface area contributed by atoms with Crippen molar-refractivity contribution in [2.24, 2.45) is 0 Å². The van der Waals surface area contributed by atoms with Crippen LogP contribution in [0.25, 0.3) is 0 Å². The van der Waals surface area contributed by atoms with Crippen LogP contribution in [0.2, 0.25) is 0 Å². The molecule has 0 N–H and O–H groups in total. The van der Waals surface area contributed by atoms with Crippen molar-refractivity contribution in [3.63, 3.8) is 0 Å². The quantitative estimate of drug-likeness (QED) is 0.0197. The van der Waals surface area contributed by atoms with Crippen LogP contribution in [-0.4, -0.2) is 70.0 Å². The van der Waals surface area contributed by atoms with E-state index in [0.717, 1.165) is 64.2 Å². The molecule has 0 aliphatic rings. The molecule has 0 aromatic heterocycles. The number of carbonyl (C=O) groups excluding carboxylic acids is 2. The van der Waals surface area contributed by atoms with Gasteiger partial charge in [-0.15, -0.1) is 0 Å². The van der Waals surface area contributed by atoms with Crippen molar-refractivity contribution in [1.82, 2.24) is 0 Å². The van der Waals surface area contributed by atoms with Gasteiger partial charge in [-0.2, -0.15) is 0 Å². The summed E-state index contributed by atoms with van der Waals surface area (Å²) in [6.07, 6.45) is 43.1. The van der Waals surface area contributed by atoms with Crippen molar-refractivity contribution in [3.8, 4) is 0 Å². The first-order valence-electron chi connectivity index (χ1n) is 22.7. The number of hydrogen-bond donors (Lipinski definition) is 0. The number of quaternary nitrogens is 1. The summed E-state index contributed by atoms with van der Waals surface area (Å²) in [7, 11) is 1.15. The van der Waals surface area contributed by atoms with Crippen LogP contribution in [0.1, 0.15) is 194 Å². The minimum atomic E-state index is -4.63. The second-order valence-corrected chi connectivity index (χ2v) is 17.8. The zero-order valence-corrected chi connectivity index (χ0v) is 37.7. The molecule has 0 fully saturated rings. The molecule has 0 aromatic carbocycles. The van der Waals surface area contributed by atoms with Gasteiger partial charge in [-0.25, -0.2) is 0 Å². The molecule has 0 bridgehead atoms. The van der Waals surface area contributed by atoms with Crippen LogP contribution < -0.4 is 4.89 Å². The largest absolute Gasteiger partial charge is 0.756 e. The first-order chi connectivity index (χ1) is 27.0. The van der Waals surface area contributed by atoms with Gasteiger partial charge >= 0.3 is 11.9 Å². The lowest BCUT2D eigenvalue weighted by molar-refractivity contribution is -0.870. The number of carbonyl (C=O) groups is 2. The summed E-state index contributed by atoms with van der Waals surface area (Å²) in [4.78, 5) is 37.5.